The summed E-state index contributed by atoms with van der Waals surface area (Å²) in [5.41, 5.74) is -2.34. The molecule has 1 saturated carbocycles. The summed E-state index contributed by atoms with van der Waals surface area (Å²) in [5, 5.41) is 31.2. The Hall–Kier alpha value is -1.10. The largest absolute Gasteiger partial charge is 0.497 e. The molecule has 0 aliphatic heterocycles. The minimum Gasteiger partial charge on any atom is -0.497 e. The second-order valence-electron chi connectivity index (χ2n) is 5.34. The number of ether oxygens (including phenoxy) is 1. The monoisotopic (exact) mass is 266 g/mol. The minimum absolute atomic E-state index is 0.490. The lowest BCUT2D eigenvalue weighted by Gasteiger charge is -2.45. The topological polar surface area (TPSA) is 69.9 Å². The second kappa shape index (κ2) is 5.49. The quantitative estimate of drug-likeness (QED) is 0.773. The van der Waals surface area contributed by atoms with Gasteiger partial charge in [-0.05, 0) is 30.5 Å². The van der Waals surface area contributed by atoms with Crippen LogP contribution in [0.5, 0.6) is 5.75 Å². The predicted molar refractivity (Wildman–Crippen MR) is 72.0 cm³/mol. The van der Waals surface area contributed by atoms with Crippen LogP contribution in [0.1, 0.15) is 37.7 Å². The van der Waals surface area contributed by atoms with E-state index in [-0.39, 0.29) is 0 Å². The maximum atomic E-state index is 10.8. The van der Waals surface area contributed by atoms with Crippen molar-refractivity contribution in [3.63, 3.8) is 0 Å². The van der Waals surface area contributed by atoms with Gasteiger partial charge in [-0.25, -0.2) is 0 Å². The molecule has 1 aliphatic carbocycles. The molecule has 0 saturated heterocycles. The third-order valence-corrected chi connectivity index (χ3v) is 4.25. The molecule has 4 heteroatoms. The van der Waals surface area contributed by atoms with Crippen LogP contribution in [0.15, 0.2) is 24.3 Å². The van der Waals surface area contributed by atoms with Crippen LogP contribution in [0.25, 0.3) is 0 Å². The number of aliphatic hydroxyl groups excluding tert-OH is 1. The molecule has 19 heavy (non-hydrogen) atoms. The molecule has 1 atom stereocenters. The highest BCUT2D eigenvalue weighted by molar-refractivity contribution is 5.33. The van der Waals surface area contributed by atoms with Gasteiger partial charge in [-0.2, -0.15) is 0 Å². The summed E-state index contributed by atoms with van der Waals surface area (Å²) < 4.78 is 5.08. The van der Waals surface area contributed by atoms with Gasteiger partial charge in [0.05, 0.1) is 19.3 Å². The maximum absolute atomic E-state index is 10.8. The Morgan fingerprint density at radius 3 is 2.21 bits per heavy atom. The van der Waals surface area contributed by atoms with Crippen LogP contribution in [0, 0.1) is 0 Å². The molecule has 0 heterocycles. The predicted octanol–water partition coefficient (Wildman–Crippen LogP) is 1.57. The Labute approximate surface area is 113 Å². The first-order valence-corrected chi connectivity index (χ1v) is 6.76. The third kappa shape index (κ3) is 2.48. The summed E-state index contributed by atoms with van der Waals surface area (Å²) in [6.45, 7) is -0.490. The van der Waals surface area contributed by atoms with Crippen molar-refractivity contribution in [3.05, 3.63) is 29.8 Å². The lowest BCUT2D eigenvalue weighted by atomic mass is 9.70. The Kier molecular flexibility index (Phi) is 4.13. The highest BCUT2D eigenvalue weighted by atomic mass is 16.5. The molecule has 0 radical (unpaired) electrons. The first-order valence-electron chi connectivity index (χ1n) is 6.76. The molecule has 0 aromatic heterocycles. The second-order valence-corrected chi connectivity index (χ2v) is 5.34. The molecule has 0 bridgehead atoms. The first-order chi connectivity index (χ1) is 9.05. The number of methoxy groups -OCH3 is 1. The Balaban J connectivity index is 2.34. The fourth-order valence-electron chi connectivity index (χ4n) is 2.92. The van der Waals surface area contributed by atoms with E-state index in [4.69, 9.17) is 4.74 Å². The lowest BCUT2D eigenvalue weighted by molar-refractivity contribution is -0.192. The minimum atomic E-state index is -1.61. The van der Waals surface area contributed by atoms with Gasteiger partial charge in [0.1, 0.15) is 11.4 Å². The summed E-state index contributed by atoms with van der Waals surface area (Å²) >= 11 is 0. The van der Waals surface area contributed by atoms with E-state index in [1.165, 1.54) is 0 Å². The van der Waals surface area contributed by atoms with Gasteiger partial charge in [-0.15, -0.1) is 0 Å². The Bertz CT molecular complexity index is 409. The third-order valence-electron chi connectivity index (χ3n) is 4.25. The molecule has 0 amide bonds. The molecule has 0 spiro atoms. The van der Waals surface area contributed by atoms with Gasteiger partial charge in [0, 0.05) is 0 Å². The smallest absolute Gasteiger partial charge is 0.141 e. The molecule has 3 N–H and O–H groups in total. The van der Waals surface area contributed by atoms with Gasteiger partial charge in [0.2, 0.25) is 0 Å². The summed E-state index contributed by atoms with van der Waals surface area (Å²) in [7, 11) is 1.57. The normalized spacial score (nSPS) is 21.7. The van der Waals surface area contributed by atoms with Gasteiger partial charge in [-0.1, -0.05) is 31.4 Å². The highest BCUT2D eigenvalue weighted by Gasteiger charge is 2.50. The number of hydrogen-bond acceptors (Lipinski definition) is 4. The van der Waals surface area contributed by atoms with Crippen molar-refractivity contribution in [1.29, 1.82) is 0 Å². The number of hydrogen-bond donors (Lipinski definition) is 3. The SMILES string of the molecule is COc1ccc(C(O)(CO)C2(O)CCCCC2)cc1. The van der Waals surface area contributed by atoms with Gasteiger partial charge >= 0.3 is 0 Å². The van der Waals surface area contributed by atoms with Gasteiger partial charge in [0.25, 0.3) is 0 Å². The van der Waals surface area contributed by atoms with Crippen molar-refractivity contribution < 1.29 is 20.1 Å². The van der Waals surface area contributed by atoms with Crippen LogP contribution in [-0.2, 0) is 5.60 Å². The molecule has 1 fully saturated rings. The number of benzene rings is 1. The molecule has 1 aliphatic rings. The fourth-order valence-corrected chi connectivity index (χ4v) is 2.92. The fraction of sp³-hybridized carbons (Fsp3) is 0.600. The van der Waals surface area contributed by atoms with Crippen molar-refractivity contribution in [1.82, 2.24) is 0 Å². The molecule has 1 aromatic carbocycles. The highest BCUT2D eigenvalue weighted by Crippen LogP contribution is 2.43. The zero-order chi connectivity index (χ0) is 13.9. The van der Waals surface area contributed by atoms with E-state index in [2.05, 4.69) is 0 Å². The van der Waals surface area contributed by atoms with E-state index < -0.39 is 17.8 Å². The molecular formula is C15H22O4. The van der Waals surface area contributed by atoms with Gasteiger partial charge in [-0.3, -0.25) is 0 Å². The van der Waals surface area contributed by atoms with E-state index in [1.807, 2.05) is 0 Å². The van der Waals surface area contributed by atoms with E-state index in [0.717, 1.165) is 19.3 Å². The summed E-state index contributed by atoms with van der Waals surface area (Å²) in [6, 6.07) is 6.84. The molecule has 1 aromatic rings. The zero-order valence-electron chi connectivity index (χ0n) is 11.3. The summed E-state index contributed by atoms with van der Waals surface area (Å²) in [4.78, 5) is 0. The van der Waals surface area contributed by atoms with Gasteiger partial charge < -0.3 is 20.1 Å². The van der Waals surface area contributed by atoms with E-state index in [0.29, 0.717) is 24.2 Å². The summed E-state index contributed by atoms with van der Waals surface area (Å²) in [5.74, 6) is 0.680. The van der Waals surface area contributed by atoms with Crippen molar-refractivity contribution in [3.8, 4) is 5.75 Å². The van der Waals surface area contributed by atoms with E-state index >= 15 is 0 Å². The average molecular weight is 266 g/mol. The lowest BCUT2D eigenvalue weighted by Crippen LogP contribution is -2.55. The first kappa shape index (κ1) is 14.3. The van der Waals surface area contributed by atoms with Crippen LogP contribution >= 0.6 is 0 Å². The van der Waals surface area contributed by atoms with Crippen molar-refractivity contribution in [2.45, 2.75) is 43.3 Å². The van der Waals surface area contributed by atoms with E-state index in [1.54, 1.807) is 31.4 Å². The van der Waals surface area contributed by atoms with E-state index in [9.17, 15) is 15.3 Å². The van der Waals surface area contributed by atoms with Crippen LogP contribution in [0.2, 0.25) is 0 Å². The summed E-state index contributed by atoms with van der Waals surface area (Å²) in [6.07, 6.45) is 3.82. The van der Waals surface area contributed by atoms with Crippen LogP contribution in [0.3, 0.4) is 0 Å². The molecule has 106 valence electrons. The molecular weight excluding hydrogens is 244 g/mol. The zero-order valence-corrected chi connectivity index (χ0v) is 11.3. The van der Waals surface area contributed by atoms with Crippen molar-refractivity contribution in [2.24, 2.45) is 0 Å². The van der Waals surface area contributed by atoms with Crippen molar-refractivity contribution >= 4 is 0 Å². The average Bonchev–Trinajstić information content (AvgIpc) is 2.47. The number of rotatable bonds is 4. The Morgan fingerprint density at radius 1 is 1.16 bits per heavy atom. The maximum Gasteiger partial charge on any atom is 0.141 e. The van der Waals surface area contributed by atoms with Crippen LogP contribution < -0.4 is 4.74 Å². The van der Waals surface area contributed by atoms with Crippen LogP contribution in [-0.4, -0.2) is 34.6 Å². The van der Waals surface area contributed by atoms with Crippen molar-refractivity contribution in [2.75, 3.05) is 13.7 Å². The van der Waals surface area contributed by atoms with Crippen LogP contribution in [0.4, 0.5) is 0 Å². The molecule has 2 rings (SSSR count). The number of aliphatic hydroxyl groups is 3. The molecule has 4 nitrogen and oxygen atoms in total. The molecule has 1 unspecified atom stereocenters. The standard InChI is InChI=1S/C15H22O4/c1-19-13-7-5-12(6-8-13)15(18,11-16)14(17)9-3-2-4-10-14/h5-8,16-18H,2-4,9-11H2,1H3. The Morgan fingerprint density at radius 2 is 1.74 bits per heavy atom. The van der Waals surface area contributed by atoms with Gasteiger partial charge in [0.15, 0.2) is 0 Å².